The normalized spacial score (nSPS) is 10.6. The highest BCUT2D eigenvalue weighted by molar-refractivity contribution is 7.98. The summed E-state index contributed by atoms with van der Waals surface area (Å²) in [6.45, 7) is 4.04. The van der Waals surface area contributed by atoms with E-state index in [2.05, 4.69) is 6.07 Å². The van der Waals surface area contributed by atoms with Crippen molar-refractivity contribution < 1.29 is 14.3 Å². The van der Waals surface area contributed by atoms with Gasteiger partial charge in [0.2, 0.25) is 0 Å². The second kappa shape index (κ2) is 6.09. The SMILES string of the molecule is Cc1ccc(SCc2cc(C(=O)O)ccc2F)c(C)c1. The maximum absolute atomic E-state index is 13.7. The number of hydrogen-bond donors (Lipinski definition) is 1. The van der Waals surface area contributed by atoms with Crippen molar-refractivity contribution in [3.8, 4) is 0 Å². The third-order valence-electron chi connectivity index (χ3n) is 3.01. The summed E-state index contributed by atoms with van der Waals surface area (Å²) in [4.78, 5) is 12.0. The molecule has 20 heavy (non-hydrogen) atoms. The maximum Gasteiger partial charge on any atom is 0.335 e. The zero-order valence-electron chi connectivity index (χ0n) is 11.3. The van der Waals surface area contributed by atoms with E-state index in [4.69, 9.17) is 5.11 Å². The molecule has 0 amide bonds. The van der Waals surface area contributed by atoms with Crippen LogP contribution in [0, 0.1) is 19.7 Å². The van der Waals surface area contributed by atoms with Crippen molar-refractivity contribution in [2.45, 2.75) is 24.5 Å². The molecule has 0 fully saturated rings. The van der Waals surface area contributed by atoms with Crippen LogP contribution in [-0.4, -0.2) is 11.1 Å². The minimum atomic E-state index is -1.04. The van der Waals surface area contributed by atoms with E-state index in [-0.39, 0.29) is 11.4 Å². The van der Waals surface area contributed by atoms with Gasteiger partial charge in [0, 0.05) is 10.6 Å². The van der Waals surface area contributed by atoms with E-state index in [1.54, 1.807) is 0 Å². The van der Waals surface area contributed by atoms with Gasteiger partial charge in [0.1, 0.15) is 5.82 Å². The van der Waals surface area contributed by atoms with Gasteiger partial charge in [-0.05, 0) is 49.2 Å². The molecule has 0 saturated heterocycles. The van der Waals surface area contributed by atoms with Gasteiger partial charge in [0.25, 0.3) is 0 Å². The van der Waals surface area contributed by atoms with Crippen molar-refractivity contribution >= 4 is 17.7 Å². The quantitative estimate of drug-likeness (QED) is 0.846. The first-order valence-electron chi connectivity index (χ1n) is 6.19. The number of rotatable bonds is 4. The number of carboxylic acids is 1. The molecule has 0 atom stereocenters. The number of thioether (sulfide) groups is 1. The van der Waals surface area contributed by atoms with Crippen LogP contribution in [0.15, 0.2) is 41.3 Å². The summed E-state index contributed by atoms with van der Waals surface area (Å²) in [5.41, 5.74) is 2.85. The molecule has 0 aromatic heterocycles. The van der Waals surface area contributed by atoms with Gasteiger partial charge in [-0.15, -0.1) is 11.8 Å². The van der Waals surface area contributed by atoms with E-state index in [0.717, 1.165) is 10.5 Å². The molecule has 0 saturated carbocycles. The number of carbonyl (C=O) groups is 1. The minimum absolute atomic E-state index is 0.114. The molecule has 2 aromatic carbocycles. The Labute approximate surface area is 121 Å². The fourth-order valence-corrected chi connectivity index (χ4v) is 2.92. The molecular weight excluding hydrogens is 275 g/mol. The number of hydrogen-bond acceptors (Lipinski definition) is 2. The molecule has 0 unspecified atom stereocenters. The van der Waals surface area contributed by atoms with Crippen LogP contribution in [0.3, 0.4) is 0 Å². The first kappa shape index (κ1) is 14.6. The van der Waals surface area contributed by atoms with E-state index in [1.807, 2.05) is 26.0 Å². The van der Waals surface area contributed by atoms with Crippen LogP contribution in [0.5, 0.6) is 0 Å². The Balaban J connectivity index is 2.18. The lowest BCUT2D eigenvalue weighted by Gasteiger charge is -2.08. The molecule has 0 radical (unpaired) electrons. The third kappa shape index (κ3) is 3.39. The zero-order valence-corrected chi connectivity index (χ0v) is 12.1. The topological polar surface area (TPSA) is 37.3 Å². The minimum Gasteiger partial charge on any atom is -0.478 e. The van der Waals surface area contributed by atoms with Crippen LogP contribution in [0.2, 0.25) is 0 Å². The van der Waals surface area contributed by atoms with Gasteiger partial charge in [0.05, 0.1) is 5.56 Å². The monoisotopic (exact) mass is 290 g/mol. The van der Waals surface area contributed by atoms with Gasteiger partial charge in [-0.3, -0.25) is 0 Å². The van der Waals surface area contributed by atoms with Crippen molar-refractivity contribution in [1.82, 2.24) is 0 Å². The molecule has 0 aliphatic rings. The largest absolute Gasteiger partial charge is 0.478 e. The van der Waals surface area contributed by atoms with Gasteiger partial charge < -0.3 is 5.11 Å². The van der Waals surface area contributed by atoms with E-state index in [1.165, 1.54) is 35.5 Å². The number of carboxylic acid groups (broad SMARTS) is 1. The van der Waals surface area contributed by atoms with Crippen molar-refractivity contribution in [3.05, 3.63) is 64.5 Å². The summed E-state index contributed by atoms with van der Waals surface area (Å²) in [5.74, 6) is -0.994. The smallest absolute Gasteiger partial charge is 0.335 e. The average Bonchev–Trinajstić information content (AvgIpc) is 2.39. The lowest BCUT2D eigenvalue weighted by molar-refractivity contribution is 0.0696. The Morgan fingerprint density at radius 2 is 1.95 bits per heavy atom. The molecule has 4 heteroatoms. The van der Waals surface area contributed by atoms with Crippen LogP contribution in [-0.2, 0) is 5.75 Å². The number of aryl methyl sites for hydroxylation is 2. The lowest BCUT2D eigenvalue weighted by atomic mass is 10.1. The van der Waals surface area contributed by atoms with Crippen molar-refractivity contribution in [2.24, 2.45) is 0 Å². The highest BCUT2D eigenvalue weighted by atomic mass is 32.2. The highest BCUT2D eigenvalue weighted by Crippen LogP contribution is 2.28. The molecule has 0 spiro atoms. The van der Waals surface area contributed by atoms with Gasteiger partial charge in [0.15, 0.2) is 0 Å². The number of aromatic carboxylic acids is 1. The van der Waals surface area contributed by atoms with E-state index in [9.17, 15) is 9.18 Å². The molecule has 0 heterocycles. The first-order chi connectivity index (χ1) is 9.47. The van der Waals surface area contributed by atoms with Gasteiger partial charge in [-0.25, -0.2) is 9.18 Å². The van der Waals surface area contributed by atoms with Gasteiger partial charge >= 0.3 is 5.97 Å². The standard InChI is InChI=1S/C16H15FO2S/c1-10-3-6-15(11(2)7-10)20-9-13-8-12(16(18)19)4-5-14(13)17/h3-8H,9H2,1-2H3,(H,18,19). The molecule has 0 aliphatic carbocycles. The second-order valence-electron chi connectivity index (χ2n) is 4.67. The molecule has 0 aliphatic heterocycles. The van der Waals surface area contributed by atoms with Crippen LogP contribution in [0.25, 0.3) is 0 Å². The molecule has 1 N–H and O–H groups in total. The zero-order chi connectivity index (χ0) is 14.7. The van der Waals surface area contributed by atoms with Crippen molar-refractivity contribution in [1.29, 1.82) is 0 Å². The Bertz CT molecular complexity index is 653. The van der Waals surface area contributed by atoms with Crippen molar-refractivity contribution in [3.63, 3.8) is 0 Å². The lowest BCUT2D eigenvalue weighted by Crippen LogP contribution is -1.99. The summed E-state index contributed by atoms with van der Waals surface area (Å²) < 4.78 is 13.7. The Morgan fingerprint density at radius 1 is 1.20 bits per heavy atom. The molecule has 0 bridgehead atoms. The summed E-state index contributed by atoms with van der Waals surface area (Å²) >= 11 is 1.51. The second-order valence-corrected chi connectivity index (χ2v) is 5.69. The summed E-state index contributed by atoms with van der Waals surface area (Å²) in [6, 6.07) is 9.98. The van der Waals surface area contributed by atoms with Crippen LogP contribution >= 0.6 is 11.8 Å². The molecule has 2 nitrogen and oxygen atoms in total. The van der Waals surface area contributed by atoms with E-state index < -0.39 is 5.97 Å². The number of halogens is 1. The maximum atomic E-state index is 13.7. The molecule has 2 aromatic rings. The Kier molecular flexibility index (Phi) is 4.45. The van der Waals surface area contributed by atoms with Crippen LogP contribution in [0.1, 0.15) is 27.0 Å². The van der Waals surface area contributed by atoms with Gasteiger partial charge in [-0.2, -0.15) is 0 Å². The first-order valence-corrected chi connectivity index (χ1v) is 7.17. The molecular formula is C16H15FO2S. The fourth-order valence-electron chi connectivity index (χ4n) is 1.94. The summed E-state index contributed by atoms with van der Waals surface area (Å²) in [6.07, 6.45) is 0. The molecule has 104 valence electrons. The third-order valence-corrected chi connectivity index (χ3v) is 4.23. The summed E-state index contributed by atoms with van der Waals surface area (Å²) in [7, 11) is 0. The van der Waals surface area contributed by atoms with Crippen LogP contribution < -0.4 is 0 Å². The van der Waals surface area contributed by atoms with E-state index >= 15 is 0 Å². The van der Waals surface area contributed by atoms with E-state index in [0.29, 0.717) is 11.3 Å². The van der Waals surface area contributed by atoms with Gasteiger partial charge in [-0.1, -0.05) is 17.7 Å². The fraction of sp³-hybridized carbons (Fsp3) is 0.188. The predicted molar refractivity (Wildman–Crippen MR) is 78.8 cm³/mol. The molecule has 2 rings (SSSR count). The Hall–Kier alpha value is -1.81. The average molecular weight is 290 g/mol. The predicted octanol–water partition coefficient (Wildman–Crippen LogP) is 4.43. The van der Waals surface area contributed by atoms with Crippen LogP contribution in [0.4, 0.5) is 4.39 Å². The summed E-state index contributed by atoms with van der Waals surface area (Å²) in [5, 5.41) is 8.93. The number of benzene rings is 2. The highest BCUT2D eigenvalue weighted by Gasteiger charge is 2.09. The van der Waals surface area contributed by atoms with Crippen molar-refractivity contribution in [2.75, 3.05) is 0 Å². The Morgan fingerprint density at radius 3 is 2.60 bits per heavy atom.